The Balaban J connectivity index is 3.08. The molecule has 0 aliphatic rings. The van der Waals surface area contributed by atoms with E-state index in [9.17, 15) is 13.2 Å². The minimum absolute atomic E-state index is 0.00653. The lowest BCUT2D eigenvalue weighted by Gasteiger charge is -2.19. The van der Waals surface area contributed by atoms with Gasteiger partial charge in [-0.3, -0.25) is 4.79 Å². The van der Waals surface area contributed by atoms with Gasteiger partial charge in [-0.2, -0.15) is 4.72 Å². The lowest BCUT2D eigenvalue weighted by molar-refractivity contribution is -0.143. The predicted molar refractivity (Wildman–Crippen MR) is 72.8 cm³/mol. The molecule has 1 atom stereocenters. The van der Waals surface area contributed by atoms with Crippen LogP contribution >= 0.6 is 22.9 Å². The summed E-state index contributed by atoms with van der Waals surface area (Å²) < 4.78 is 31.4. The second-order valence-electron chi connectivity index (χ2n) is 4.21. The number of carbonyl (C=O) groups is 1. The fraction of sp³-hybridized carbons (Fsp3) is 0.600. The number of methoxy groups -OCH3 is 1. The minimum atomic E-state index is -3.85. The molecule has 0 fully saturated rings. The van der Waals surface area contributed by atoms with Crippen LogP contribution in [0.1, 0.15) is 19.5 Å². The van der Waals surface area contributed by atoms with E-state index in [0.29, 0.717) is 5.69 Å². The summed E-state index contributed by atoms with van der Waals surface area (Å²) >= 11 is 6.53. The Labute approximate surface area is 121 Å². The fourth-order valence-corrected chi connectivity index (χ4v) is 4.49. The number of halogens is 1. The van der Waals surface area contributed by atoms with Crippen molar-refractivity contribution >= 4 is 38.9 Å². The maximum atomic E-state index is 12.2. The van der Waals surface area contributed by atoms with Crippen molar-refractivity contribution in [3.05, 3.63) is 10.2 Å². The largest absolute Gasteiger partial charge is 0.468 e. The molecule has 0 aromatic carbocycles. The molecule has 9 heteroatoms. The van der Waals surface area contributed by atoms with Crippen LogP contribution in [0.3, 0.4) is 0 Å². The van der Waals surface area contributed by atoms with Crippen molar-refractivity contribution in [3.8, 4) is 0 Å². The molecule has 0 radical (unpaired) electrons. The molecular formula is C10H15ClN2O4S2. The summed E-state index contributed by atoms with van der Waals surface area (Å²) in [5.74, 6) is -0.877. The third kappa shape index (κ3) is 3.88. The quantitative estimate of drug-likeness (QED) is 0.830. The lowest BCUT2D eigenvalue weighted by atomic mass is 10.1. The number of hydrogen-bond donors (Lipinski definition) is 1. The van der Waals surface area contributed by atoms with Gasteiger partial charge in [-0.1, -0.05) is 36.8 Å². The van der Waals surface area contributed by atoms with E-state index >= 15 is 0 Å². The number of carbonyl (C=O) groups excluding carboxylic acids is 1. The van der Waals surface area contributed by atoms with Crippen molar-refractivity contribution < 1.29 is 17.9 Å². The molecule has 19 heavy (non-hydrogen) atoms. The van der Waals surface area contributed by atoms with Crippen molar-refractivity contribution in [1.29, 1.82) is 0 Å². The highest BCUT2D eigenvalue weighted by Crippen LogP contribution is 2.27. The number of nitrogens with one attached hydrogen (secondary N) is 1. The van der Waals surface area contributed by atoms with Crippen molar-refractivity contribution in [2.45, 2.75) is 31.0 Å². The lowest BCUT2D eigenvalue weighted by Crippen LogP contribution is -2.44. The molecule has 0 unspecified atom stereocenters. The van der Waals surface area contributed by atoms with E-state index in [1.165, 1.54) is 7.11 Å². The molecule has 0 bridgehead atoms. The summed E-state index contributed by atoms with van der Waals surface area (Å²) in [6, 6.07) is -0.949. The topological polar surface area (TPSA) is 85.4 Å². The van der Waals surface area contributed by atoms with Gasteiger partial charge < -0.3 is 4.74 Å². The molecule has 1 rings (SSSR count). The van der Waals surface area contributed by atoms with E-state index in [1.807, 2.05) is 0 Å². The van der Waals surface area contributed by atoms with Gasteiger partial charge in [0.15, 0.2) is 8.68 Å². The maximum Gasteiger partial charge on any atom is 0.324 e. The Morgan fingerprint density at radius 3 is 2.42 bits per heavy atom. The van der Waals surface area contributed by atoms with Gasteiger partial charge >= 0.3 is 5.97 Å². The Hall–Kier alpha value is -0.700. The normalized spacial score (nSPS) is 13.6. The van der Waals surface area contributed by atoms with E-state index in [1.54, 1.807) is 20.8 Å². The van der Waals surface area contributed by atoms with E-state index in [4.69, 9.17) is 11.6 Å². The van der Waals surface area contributed by atoms with Crippen LogP contribution in [0.15, 0.2) is 4.21 Å². The third-order valence-corrected chi connectivity index (χ3v) is 5.69. The molecule has 0 saturated carbocycles. The molecular weight excluding hydrogens is 312 g/mol. The number of thiazole rings is 1. The number of sulfonamides is 1. The van der Waals surface area contributed by atoms with Crippen LogP contribution in [0, 0.1) is 12.8 Å². The number of rotatable bonds is 5. The second kappa shape index (κ2) is 6.17. The number of aryl methyl sites for hydroxylation is 1. The molecule has 0 amide bonds. The molecule has 108 valence electrons. The highest BCUT2D eigenvalue weighted by atomic mass is 35.5. The number of hydrogen-bond acceptors (Lipinski definition) is 6. The second-order valence-corrected chi connectivity index (χ2v) is 7.70. The van der Waals surface area contributed by atoms with Crippen LogP contribution < -0.4 is 4.72 Å². The number of aromatic nitrogens is 1. The van der Waals surface area contributed by atoms with Gasteiger partial charge in [0.25, 0.3) is 10.0 Å². The first-order valence-electron chi connectivity index (χ1n) is 5.42. The number of nitrogens with zero attached hydrogens (tertiary/aromatic N) is 1. The molecule has 1 aromatic heterocycles. The molecule has 1 N–H and O–H groups in total. The van der Waals surface area contributed by atoms with Gasteiger partial charge in [-0.05, 0) is 12.8 Å². The summed E-state index contributed by atoms with van der Waals surface area (Å²) in [6.07, 6.45) is 0. The molecule has 0 spiro atoms. The Morgan fingerprint density at radius 1 is 1.47 bits per heavy atom. The first-order valence-corrected chi connectivity index (χ1v) is 8.10. The van der Waals surface area contributed by atoms with Crippen LogP contribution in [-0.2, 0) is 19.6 Å². The van der Waals surface area contributed by atoms with Crippen molar-refractivity contribution in [1.82, 2.24) is 9.71 Å². The van der Waals surface area contributed by atoms with Crippen molar-refractivity contribution in [3.63, 3.8) is 0 Å². The standard InChI is InChI=1S/C10H15ClN2O4S2/c1-5(2)7(8(14)17-4)13-19(15,16)9-6(3)12-10(11)18-9/h5,7,13H,1-4H3/t7-/m0/s1. The van der Waals surface area contributed by atoms with Crippen molar-refractivity contribution in [2.24, 2.45) is 5.92 Å². The summed E-state index contributed by atoms with van der Waals surface area (Å²) in [5.41, 5.74) is 0.301. The van der Waals surface area contributed by atoms with Crippen LogP contribution in [0.25, 0.3) is 0 Å². The van der Waals surface area contributed by atoms with Crippen LogP contribution in [-0.4, -0.2) is 32.5 Å². The number of ether oxygens (including phenoxy) is 1. The van der Waals surface area contributed by atoms with Crippen LogP contribution in [0.2, 0.25) is 4.47 Å². The summed E-state index contributed by atoms with van der Waals surface area (Å²) in [6.45, 7) is 4.98. The van der Waals surface area contributed by atoms with Crippen LogP contribution in [0.4, 0.5) is 0 Å². The molecule has 1 aromatic rings. The van der Waals surface area contributed by atoms with E-state index in [2.05, 4.69) is 14.4 Å². The summed E-state index contributed by atoms with van der Waals surface area (Å²) in [7, 11) is -2.64. The van der Waals surface area contributed by atoms with Gasteiger partial charge in [0, 0.05) is 0 Å². The van der Waals surface area contributed by atoms with Gasteiger partial charge in [-0.25, -0.2) is 13.4 Å². The van der Waals surface area contributed by atoms with Gasteiger partial charge in [0.05, 0.1) is 12.8 Å². The molecule has 0 aliphatic carbocycles. The van der Waals surface area contributed by atoms with E-state index in [-0.39, 0.29) is 14.6 Å². The average molecular weight is 327 g/mol. The summed E-state index contributed by atoms with van der Waals surface area (Å²) in [4.78, 5) is 15.4. The Kier molecular flexibility index (Phi) is 5.31. The van der Waals surface area contributed by atoms with E-state index in [0.717, 1.165) is 11.3 Å². The van der Waals surface area contributed by atoms with Crippen LogP contribution in [0.5, 0.6) is 0 Å². The Bertz CT molecular complexity index is 568. The SMILES string of the molecule is COC(=O)[C@@H](NS(=O)(=O)c1sc(Cl)nc1C)C(C)C. The zero-order valence-corrected chi connectivity index (χ0v) is 13.3. The molecule has 6 nitrogen and oxygen atoms in total. The fourth-order valence-electron chi connectivity index (χ4n) is 1.40. The third-order valence-electron chi connectivity index (χ3n) is 2.38. The number of esters is 1. The molecule has 0 aliphatic heterocycles. The smallest absolute Gasteiger partial charge is 0.324 e. The summed E-state index contributed by atoms with van der Waals surface area (Å²) in [5, 5.41) is 0. The molecule has 1 heterocycles. The van der Waals surface area contributed by atoms with Gasteiger partial charge in [-0.15, -0.1) is 0 Å². The monoisotopic (exact) mass is 326 g/mol. The van der Waals surface area contributed by atoms with Crippen molar-refractivity contribution in [2.75, 3.05) is 7.11 Å². The zero-order chi connectivity index (χ0) is 14.8. The first kappa shape index (κ1) is 16.4. The first-order chi connectivity index (χ1) is 8.69. The highest BCUT2D eigenvalue weighted by molar-refractivity contribution is 7.91. The van der Waals surface area contributed by atoms with Gasteiger partial charge in [0.2, 0.25) is 0 Å². The minimum Gasteiger partial charge on any atom is -0.468 e. The maximum absolute atomic E-state index is 12.2. The van der Waals surface area contributed by atoms with Gasteiger partial charge in [0.1, 0.15) is 6.04 Å². The Morgan fingerprint density at radius 2 is 2.05 bits per heavy atom. The average Bonchev–Trinajstić information content (AvgIpc) is 2.65. The highest BCUT2D eigenvalue weighted by Gasteiger charge is 2.31. The zero-order valence-electron chi connectivity index (χ0n) is 10.9. The predicted octanol–water partition coefficient (Wildman–Crippen LogP) is 1.58. The molecule has 0 saturated heterocycles. The van der Waals surface area contributed by atoms with E-state index < -0.39 is 22.0 Å².